The molecule has 0 aliphatic carbocycles. The van der Waals surface area contributed by atoms with Gasteiger partial charge in [-0.3, -0.25) is 9.59 Å². The third-order valence-corrected chi connectivity index (χ3v) is 6.20. The summed E-state index contributed by atoms with van der Waals surface area (Å²) in [4.78, 5) is 31.8. The molecular formula is C28H31N3O3. The van der Waals surface area contributed by atoms with Gasteiger partial charge in [-0.1, -0.05) is 35.9 Å². The molecule has 1 saturated heterocycles. The molecule has 6 nitrogen and oxygen atoms in total. The first-order valence-electron chi connectivity index (χ1n) is 11.7. The second-order valence-corrected chi connectivity index (χ2v) is 9.05. The highest BCUT2D eigenvalue weighted by Crippen LogP contribution is 2.25. The monoisotopic (exact) mass is 457 g/mol. The minimum atomic E-state index is -0.206. The minimum absolute atomic E-state index is 0.0128. The Morgan fingerprint density at radius 2 is 1.79 bits per heavy atom. The van der Waals surface area contributed by atoms with E-state index >= 15 is 0 Å². The first kappa shape index (κ1) is 23.5. The number of likely N-dealkylation sites (tertiary alicyclic amines) is 1. The van der Waals surface area contributed by atoms with E-state index in [2.05, 4.69) is 10.3 Å². The van der Waals surface area contributed by atoms with Gasteiger partial charge in [0.25, 0.3) is 5.91 Å². The van der Waals surface area contributed by atoms with Gasteiger partial charge in [0.15, 0.2) is 0 Å². The lowest BCUT2D eigenvalue weighted by Gasteiger charge is -2.32. The molecule has 6 heteroatoms. The van der Waals surface area contributed by atoms with Crippen molar-refractivity contribution in [1.82, 2.24) is 15.2 Å². The molecule has 0 radical (unpaired) electrons. The third kappa shape index (κ3) is 5.81. The summed E-state index contributed by atoms with van der Waals surface area (Å²) >= 11 is 0. The van der Waals surface area contributed by atoms with Crippen molar-refractivity contribution >= 4 is 11.8 Å². The zero-order chi connectivity index (χ0) is 24.1. The average Bonchev–Trinajstić information content (AvgIpc) is 2.86. The number of aromatic nitrogens is 1. The van der Waals surface area contributed by atoms with Crippen LogP contribution in [-0.2, 0) is 11.3 Å². The fraction of sp³-hybridized carbons (Fsp3) is 0.321. The predicted octanol–water partition coefficient (Wildman–Crippen LogP) is 4.97. The molecule has 1 aliphatic heterocycles. The van der Waals surface area contributed by atoms with Crippen molar-refractivity contribution in [3.63, 3.8) is 0 Å². The highest BCUT2D eigenvalue weighted by atomic mass is 16.5. The SMILES string of the molecule is Cc1ccc(C(=O)N2CCCC(C(=O)NCc3ccc(Oc4cc(C)ccc4C)nc3)C2)cc1. The van der Waals surface area contributed by atoms with Gasteiger partial charge in [0.1, 0.15) is 5.75 Å². The number of hydrogen-bond donors (Lipinski definition) is 1. The summed E-state index contributed by atoms with van der Waals surface area (Å²) in [5.41, 5.74) is 4.85. The molecule has 2 heterocycles. The zero-order valence-electron chi connectivity index (χ0n) is 20.0. The number of pyridine rings is 1. The van der Waals surface area contributed by atoms with Crippen molar-refractivity contribution in [2.75, 3.05) is 13.1 Å². The van der Waals surface area contributed by atoms with Crippen LogP contribution in [0.3, 0.4) is 0 Å². The molecule has 0 bridgehead atoms. The summed E-state index contributed by atoms with van der Waals surface area (Å²) in [6.45, 7) is 7.53. The average molecular weight is 458 g/mol. The van der Waals surface area contributed by atoms with Crippen LogP contribution in [0.5, 0.6) is 11.6 Å². The first-order chi connectivity index (χ1) is 16.4. The molecule has 4 rings (SSSR count). The number of carbonyl (C=O) groups is 2. The Labute approximate surface area is 201 Å². The van der Waals surface area contributed by atoms with Gasteiger partial charge in [0.05, 0.1) is 5.92 Å². The highest BCUT2D eigenvalue weighted by Gasteiger charge is 2.28. The maximum absolute atomic E-state index is 12.8. The van der Waals surface area contributed by atoms with E-state index in [1.807, 2.05) is 75.4 Å². The molecule has 2 aromatic carbocycles. The number of hydrogen-bond acceptors (Lipinski definition) is 4. The minimum Gasteiger partial charge on any atom is -0.439 e. The van der Waals surface area contributed by atoms with Gasteiger partial charge in [-0.2, -0.15) is 0 Å². The Morgan fingerprint density at radius 1 is 1.03 bits per heavy atom. The van der Waals surface area contributed by atoms with Crippen molar-refractivity contribution in [1.29, 1.82) is 0 Å². The summed E-state index contributed by atoms with van der Waals surface area (Å²) < 4.78 is 5.91. The van der Waals surface area contributed by atoms with Crippen molar-refractivity contribution < 1.29 is 14.3 Å². The molecular weight excluding hydrogens is 426 g/mol. The van der Waals surface area contributed by atoms with E-state index in [4.69, 9.17) is 4.74 Å². The standard InChI is InChI=1S/C28H31N3O3/c1-19-7-11-23(12-8-19)28(33)31-14-4-5-24(18-31)27(32)30-17-22-10-13-26(29-16-22)34-25-15-20(2)6-9-21(25)3/h6-13,15-16,24H,4-5,14,17-18H2,1-3H3,(H,30,32). The van der Waals surface area contributed by atoms with E-state index < -0.39 is 0 Å². The summed E-state index contributed by atoms with van der Waals surface area (Å²) in [6.07, 6.45) is 3.32. The Bertz CT molecular complexity index is 1160. The van der Waals surface area contributed by atoms with Gasteiger partial charge in [-0.15, -0.1) is 0 Å². The van der Waals surface area contributed by atoms with Crippen LogP contribution in [0.15, 0.2) is 60.8 Å². The normalized spacial score (nSPS) is 15.6. The molecule has 1 unspecified atom stereocenters. The first-order valence-corrected chi connectivity index (χ1v) is 11.7. The van der Waals surface area contributed by atoms with E-state index in [1.54, 1.807) is 11.1 Å². The van der Waals surface area contributed by atoms with Crippen LogP contribution in [-0.4, -0.2) is 34.8 Å². The molecule has 0 saturated carbocycles. The van der Waals surface area contributed by atoms with E-state index in [-0.39, 0.29) is 17.7 Å². The van der Waals surface area contributed by atoms with Crippen LogP contribution in [0.1, 0.15) is 45.5 Å². The predicted molar refractivity (Wildman–Crippen MR) is 132 cm³/mol. The Kier molecular flexibility index (Phi) is 7.26. The van der Waals surface area contributed by atoms with Gasteiger partial charge < -0.3 is 15.0 Å². The Morgan fingerprint density at radius 3 is 2.53 bits per heavy atom. The number of rotatable bonds is 6. The third-order valence-electron chi connectivity index (χ3n) is 6.20. The van der Waals surface area contributed by atoms with Gasteiger partial charge in [0, 0.05) is 37.5 Å². The lowest BCUT2D eigenvalue weighted by Crippen LogP contribution is -2.45. The van der Waals surface area contributed by atoms with Crippen LogP contribution < -0.4 is 10.1 Å². The molecule has 3 aromatic rings. The van der Waals surface area contributed by atoms with Crippen molar-refractivity contribution in [3.05, 3.63) is 88.6 Å². The van der Waals surface area contributed by atoms with Gasteiger partial charge >= 0.3 is 0 Å². The fourth-order valence-corrected chi connectivity index (χ4v) is 4.09. The summed E-state index contributed by atoms with van der Waals surface area (Å²) in [7, 11) is 0. The maximum Gasteiger partial charge on any atom is 0.253 e. The summed E-state index contributed by atoms with van der Waals surface area (Å²) in [5, 5.41) is 3.00. The molecule has 1 aliphatic rings. The number of benzene rings is 2. The fourth-order valence-electron chi connectivity index (χ4n) is 4.09. The number of nitrogens with one attached hydrogen (secondary N) is 1. The van der Waals surface area contributed by atoms with E-state index in [1.165, 1.54) is 0 Å². The van der Waals surface area contributed by atoms with E-state index in [0.717, 1.165) is 40.8 Å². The summed E-state index contributed by atoms with van der Waals surface area (Å²) in [6, 6.07) is 17.3. The quantitative estimate of drug-likeness (QED) is 0.567. The number of aryl methyl sites for hydroxylation is 3. The second-order valence-electron chi connectivity index (χ2n) is 9.05. The topological polar surface area (TPSA) is 71.5 Å². The van der Waals surface area contributed by atoms with Crippen LogP contribution in [0.25, 0.3) is 0 Å². The Hall–Kier alpha value is -3.67. The molecule has 0 spiro atoms. The van der Waals surface area contributed by atoms with Crippen molar-refractivity contribution in [2.45, 2.75) is 40.2 Å². The van der Waals surface area contributed by atoms with E-state index in [0.29, 0.717) is 31.1 Å². The molecule has 176 valence electrons. The zero-order valence-corrected chi connectivity index (χ0v) is 20.0. The molecule has 1 N–H and O–H groups in total. The van der Waals surface area contributed by atoms with Crippen LogP contribution in [0.4, 0.5) is 0 Å². The lowest BCUT2D eigenvalue weighted by molar-refractivity contribution is -0.126. The molecule has 2 amide bonds. The summed E-state index contributed by atoms with van der Waals surface area (Å²) in [5.74, 6) is 1.05. The largest absolute Gasteiger partial charge is 0.439 e. The number of carbonyl (C=O) groups excluding carboxylic acids is 2. The number of nitrogens with zero attached hydrogens (tertiary/aromatic N) is 2. The maximum atomic E-state index is 12.8. The number of ether oxygens (including phenoxy) is 1. The van der Waals surface area contributed by atoms with Crippen LogP contribution >= 0.6 is 0 Å². The smallest absolute Gasteiger partial charge is 0.253 e. The number of piperidine rings is 1. The van der Waals surface area contributed by atoms with E-state index in [9.17, 15) is 9.59 Å². The van der Waals surface area contributed by atoms with Gasteiger partial charge in [-0.05, 0) is 68.5 Å². The molecule has 1 aromatic heterocycles. The lowest BCUT2D eigenvalue weighted by atomic mass is 9.96. The van der Waals surface area contributed by atoms with Gasteiger partial charge in [0.2, 0.25) is 11.8 Å². The van der Waals surface area contributed by atoms with Crippen LogP contribution in [0, 0.1) is 26.7 Å². The van der Waals surface area contributed by atoms with Crippen LogP contribution in [0.2, 0.25) is 0 Å². The molecule has 1 atom stereocenters. The highest BCUT2D eigenvalue weighted by molar-refractivity contribution is 5.94. The number of amides is 2. The van der Waals surface area contributed by atoms with Crippen molar-refractivity contribution in [2.24, 2.45) is 5.92 Å². The molecule has 34 heavy (non-hydrogen) atoms. The van der Waals surface area contributed by atoms with Gasteiger partial charge in [-0.25, -0.2) is 4.98 Å². The molecule has 1 fully saturated rings. The van der Waals surface area contributed by atoms with Crippen molar-refractivity contribution in [3.8, 4) is 11.6 Å². The second kappa shape index (κ2) is 10.5. The Balaban J connectivity index is 1.30.